The molecule has 2 N–H and O–H groups in total. The van der Waals surface area contributed by atoms with Crippen LogP contribution in [0.5, 0.6) is 0 Å². The highest BCUT2D eigenvalue weighted by atomic mass is 35.5. The molecular formula is C18H17ClN2. The summed E-state index contributed by atoms with van der Waals surface area (Å²) in [7, 11) is 0. The van der Waals surface area contributed by atoms with Gasteiger partial charge in [-0.3, -0.25) is 4.98 Å². The lowest BCUT2D eigenvalue weighted by molar-refractivity contribution is 0.725. The molecule has 0 aliphatic heterocycles. The number of benzene rings is 2. The van der Waals surface area contributed by atoms with Crippen LogP contribution in [0.3, 0.4) is 0 Å². The molecule has 3 rings (SSSR count). The zero-order chi connectivity index (χ0) is 14.8. The molecule has 1 unspecified atom stereocenters. The second-order valence-electron chi connectivity index (χ2n) is 5.31. The van der Waals surface area contributed by atoms with Gasteiger partial charge in [0.25, 0.3) is 0 Å². The third kappa shape index (κ3) is 2.92. The summed E-state index contributed by atoms with van der Waals surface area (Å²) in [5.74, 6) is 0. The Balaban J connectivity index is 1.92. The molecule has 0 fully saturated rings. The van der Waals surface area contributed by atoms with Crippen LogP contribution in [0.2, 0.25) is 5.02 Å². The second-order valence-corrected chi connectivity index (χ2v) is 5.71. The molecule has 2 nitrogen and oxygen atoms in total. The van der Waals surface area contributed by atoms with Crippen molar-refractivity contribution in [3.8, 4) is 0 Å². The van der Waals surface area contributed by atoms with Gasteiger partial charge < -0.3 is 5.73 Å². The highest BCUT2D eigenvalue weighted by molar-refractivity contribution is 6.31. The van der Waals surface area contributed by atoms with Crippen molar-refractivity contribution in [2.75, 3.05) is 0 Å². The van der Waals surface area contributed by atoms with E-state index in [9.17, 15) is 0 Å². The van der Waals surface area contributed by atoms with Crippen LogP contribution in [0.4, 0.5) is 0 Å². The number of halogens is 1. The number of hydrogen-bond donors (Lipinski definition) is 1. The first kappa shape index (κ1) is 14.1. The minimum atomic E-state index is -0.0751. The average molecular weight is 297 g/mol. The van der Waals surface area contributed by atoms with Crippen molar-refractivity contribution < 1.29 is 0 Å². The molecule has 0 amide bonds. The third-order valence-electron chi connectivity index (χ3n) is 3.80. The Morgan fingerprint density at radius 3 is 2.76 bits per heavy atom. The molecular weight excluding hydrogens is 280 g/mol. The minimum absolute atomic E-state index is 0.0751. The van der Waals surface area contributed by atoms with E-state index in [1.165, 1.54) is 5.56 Å². The number of aryl methyl sites for hydroxylation is 1. The lowest BCUT2D eigenvalue weighted by Crippen LogP contribution is -2.13. The van der Waals surface area contributed by atoms with Gasteiger partial charge in [0, 0.05) is 22.6 Å². The van der Waals surface area contributed by atoms with Gasteiger partial charge >= 0.3 is 0 Å². The fourth-order valence-corrected chi connectivity index (χ4v) is 2.72. The Bertz CT molecular complexity index is 778. The van der Waals surface area contributed by atoms with Crippen molar-refractivity contribution in [1.29, 1.82) is 0 Å². The SMILES string of the molecule is Cc1ccc(C(N)Cc2ccnc3ccccc23)cc1Cl. The molecule has 106 valence electrons. The highest BCUT2D eigenvalue weighted by Crippen LogP contribution is 2.25. The van der Waals surface area contributed by atoms with Gasteiger partial charge in [-0.15, -0.1) is 0 Å². The number of nitrogens with two attached hydrogens (primary N) is 1. The predicted molar refractivity (Wildman–Crippen MR) is 88.6 cm³/mol. The molecule has 0 spiro atoms. The van der Waals surface area contributed by atoms with Gasteiger partial charge in [-0.1, -0.05) is 41.9 Å². The van der Waals surface area contributed by atoms with E-state index in [0.717, 1.165) is 33.5 Å². The van der Waals surface area contributed by atoms with Gasteiger partial charge in [0.2, 0.25) is 0 Å². The summed E-state index contributed by atoms with van der Waals surface area (Å²) in [5.41, 5.74) is 10.7. The summed E-state index contributed by atoms with van der Waals surface area (Å²) in [6.07, 6.45) is 2.61. The van der Waals surface area contributed by atoms with E-state index in [-0.39, 0.29) is 6.04 Å². The maximum Gasteiger partial charge on any atom is 0.0704 e. The zero-order valence-corrected chi connectivity index (χ0v) is 12.6. The van der Waals surface area contributed by atoms with Crippen molar-refractivity contribution in [3.63, 3.8) is 0 Å². The second kappa shape index (κ2) is 5.84. The van der Waals surface area contributed by atoms with Crippen molar-refractivity contribution in [3.05, 3.63) is 76.4 Å². The molecule has 21 heavy (non-hydrogen) atoms. The smallest absolute Gasteiger partial charge is 0.0704 e. The van der Waals surface area contributed by atoms with E-state index < -0.39 is 0 Å². The van der Waals surface area contributed by atoms with Crippen LogP contribution < -0.4 is 5.73 Å². The number of nitrogens with zero attached hydrogens (tertiary/aromatic N) is 1. The highest BCUT2D eigenvalue weighted by Gasteiger charge is 2.11. The zero-order valence-electron chi connectivity index (χ0n) is 11.9. The van der Waals surface area contributed by atoms with Crippen LogP contribution in [-0.4, -0.2) is 4.98 Å². The van der Waals surface area contributed by atoms with E-state index in [2.05, 4.69) is 17.1 Å². The minimum Gasteiger partial charge on any atom is -0.324 e. The maximum atomic E-state index is 6.36. The largest absolute Gasteiger partial charge is 0.324 e. The van der Waals surface area contributed by atoms with Crippen molar-refractivity contribution >= 4 is 22.5 Å². The maximum absolute atomic E-state index is 6.36. The lowest BCUT2D eigenvalue weighted by Gasteiger charge is -2.14. The molecule has 1 heterocycles. The Labute approximate surface area is 129 Å². The molecule has 0 saturated heterocycles. The first-order valence-corrected chi connectivity index (χ1v) is 7.37. The predicted octanol–water partition coefficient (Wildman–Crippen LogP) is 4.44. The first-order valence-electron chi connectivity index (χ1n) is 6.99. The van der Waals surface area contributed by atoms with Gasteiger partial charge in [0.1, 0.15) is 0 Å². The van der Waals surface area contributed by atoms with Gasteiger partial charge in [-0.05, 0) is 48.2 Å². The Kier molecular flexibility index (Phi) is 3.91. The fraction of sp³-hybridized carbons (Fsp3) is 0.167. The van der Waals surface area contributed by atoms with Crippen LogP contribution in [0, 0.1) is 6.92 Å². The van der Waals surface area contributed by atoms with Gasteiger partial charge in [-0.2, -0.15) is 0 Å². The van der Waals surface area contributed by atoms with E-state index in [0.29, 0.717) is 0 Å². The molecule has 0 bridgehead atoms. The van der Waals surface area contributed by atoms with E-state index >= 15 is 0 Å². The molecule has 3 aromatic rings. The number of para-hydroxylation sites is 1. The molecule has 0 saturated carbocycles. The lowest BCUT2D eigenvalue weighted by atomic mass is 9.97. The normalized spacial score (nSPS) is 12.5. The van der Waals surface area contributed by atoms with Crippen LogP contribution >= 0.6 is 11.6 Å². The van der Waals surface area contributed by atoms with Gasteiger partial charge in [0.15, 0.2) is 0 Å². The molecule has 0 aliphatic rings. The molecule has 0 radical (unpaired) electrons. The van der Waals surface area contributed by atoms with Crippen LogP contribution in [-0.2, 0) is 6.42 Å². The van der Waals surface area contributed by atoms with E-state index in [4.69, 9.17) is 17.3 Å². The Hall–Kier alpha value is -1.90. The van der Waals surface area contributed by atoms with Crippen LogP contribution in [0.1, 0.15) is 22.7 Å². The topological polar surface area (TPSA) is 38.9 Å². The summed E-state index contributed by atoms with van der Waals surface area (Å²) in [4.78, 5) is 4.39. The number of aromatic nitrogens is 1. The molecule has 1 atom stereocenters. The number of rotatable bonds is 3. The van der Waals surface area contributed by atoms with Crippen molar-refractivity contribution in [1.82, 2.24) is 4.98 Å². The van der Waals surface area contributed by atoms with Crippen molar-refractivity contribution in [2.45, 2.75) is 19.4 Å². The number of fused-ring (bicyclic) bond motifs is 1. The monoisotopic (exact) mass is 296 g/mol. The fourth-order valence-electron chi connectivity index (χ4n) is 2.53. The summed E-state index contributed by atoms with van der Waals surface area (Å²) in [6, 6.07) is 16.1. The van der Waals surface area contributed by atoms with E-state index in [1.54, 1.807) is 0 Å². The summed E-state index contributed by atoms with van der Waals surface area (Å²) in [5, 5.41) is 1.93. The van der Waals surface area contributed by atoms with Gasteiger partial charge in [0.05, 0.1) is 5.52 Å². The average Bonchev–Trinajstić information content (AvgIpc) is 2.50. The van der Waals surface area contributed by atoms with Gasteiger partial charge in [-0.25, -0.2) is 0 Å². The van der Waals surface area contributed by atoms with Crippen LogP contribution in [0.25, 0.3) is 10.9 Å². The molecule has 3 heteroatoms. The standard InChI is InChI=1S/C18H17ClN2/c1-12-6-7-14(10-16(12)19)17(20)11-13-8-9-21-18-5-3-2-4-15(13)18/h2-10,17H,11,20H2,1H3. The molecule has 1 aromatic heterocycles. The number of pyridine rings is 1. The third-order valence-corrected chi connectivity index (χ3v) is 4.21. The Morgan fingerprint density at radius 2 is 1.95 bits per heavy atom. The summed E-state index contributed by atoms with van der Waals surface area (Å²) in [6.45, 7) is 1.99. The first-order chi connectivity index (χ1) is 10.1. The van der Waals surface area contributed by atoms with Crippen molar-refractivity contribution in [2.24, 2.45) is 5.73 Å². The van der Waals surface area contributed by atoms with Crippen LogP contribution in [0.15, 0.2) is 54.7 Å². The molecule has 0 aliphatic carbocycles. The molecule has 2 aromatic carbocycles. The summed E-state index contributed by atoms with van der Waals surface area (Å²) < 4.78 is 0. The summed E-state index contributed by atoms with van der Waals surface area (Å²) >= 11 is 6.19. The number of hydrogen-bond acceptors (Lipinski definition) is 2. The quantitative estimate of drug-likeness (QED) is 0.776. The Morgan fingerprint density at radius 1 is 1.14 bits per heavy atom. The van der Waals surface area contributed by atoms with E-state index in [1.807, 2.05) is 49.5 Å².